The molecule has 4 rings (SSSR count). The number of aromatic nitrogens is 2. The molecule has 0 spiro atoms. The number of amides is 1. The minimum atomic E-state index is -0.332. The van der Waals surface area contributed by atoms with E-state index in [0.717, 1.165) is 32.0 Å². The fraction of sp³-hybridized carbons (Fsp3) is 0.190. The van der Waals surface area contributed by atoms with Crippen molar-refractivity contribution in [3.63, 3.8) is 0 Å². The number of halogens is 1. The van der Waals surface area contributed by atoms with Gasteiger partial charge in [0.2, 0.25) is 0 Å². The number of hydrogen-bond donors (Lipinski definition) is 1. The molecule has 1 aliphatic heterocycles. The molecule has 1 N–H and O–H groups in total. The number of nitrogens with one attached hydrogen (secondary N) is 1. The third kappa shape index (κ3) is 4.07. The first kappa shape index (κ1) is 18.3. The summed E-state index contributed by atoms with van der Waals surface area (Å²) in [4.78, 5) is 25.6. The number of carbonyl (C=O) groups excluding carboxylic acids is 1. The highest BCUT2D eigenvalue weighted by Crippen LogP contribution is 2.21. The lowest BCUT2D eigenvalue weighted by atomic mass is 10.2. The van der Waals surface area contributed by atoms with E-state index < -0.39 is 0 Å². The van der Waals surface area contributed by atoms with Crippen molar-refractivity contribution in [3.05, 3.63) is 77.7 Å². The maximum Gasteiger partial charge on any atom is 0.275 e. The van der Waals surface area contributed by atoms with Crippen LogP contribution in [0.25, 0.3) is 0 Å². The van der Waals surface area contributed by atoms with Gasteiger partial charge >= 0.3 is 0 Å². The van der Waals surface area contributed by atoms with Crippen LogP contribution in [-0.2, 0) is 0 Å². The maximum atomic E-state index is 12.4. The van der Waals surface area contributed by atoms with Crippen molar-refractivity contribution >= 4 is 34.7 Å². The largest absolute Gasteiger partial charge is 0.368 e. The molecule has 7 heteroatoms. The summed E-state index contributed by atoms with van der Waals surface area (Å²) < 4.78 is 0. The van der Waals surface area contributed by atoms with Crippen molar-refractivity contribution in [2.24, 2.45) is 0 Å². The average molecular weight is 394 g/mol. The quantitative estimate of drug-likeness (QED) is 0.732. The third-order valence-electron chi connectivity index (χ3n) is 4.72. The van der Waals surface area contributed by atoms with Gasteiger partial charge in [-0.15, -0.1) is 0 Å². The van der Waals surface area contributed by atoms with Crippen LogP contribution in [0.4, 0.5) is 17.2 Å². The SMILES string of the molecule is O=C(Nc1ccccc1Cl)c1cnc(N2CCN(c3ccccc3)CC2)cn1. The fourth-order valence-corrected chi connectivity index (χ4v) is 3.37. The molecule has 0 unspecified atom stereocenters. The molecule has 1 saturated heterocycles. The third-order valence-corrected chi connectivity index (χ3v) is 5.05. The van der Waals surface area contributed by atoms with E-state index >= 15 is 0 Å². The molecule has 2 aromatic carbocycles. The van der Waals surface area contributed by atoms with Crippen molar-refractivity contribution in [2.45, 2.75) is 0 Å². The molecular formula is C21H20ClN5O. The first-order chi connectivity index (χ1) is 13.7. The molecule has 1 aromatic heterocycles. The number of anilines is 3. The minimum Gasteiger partial charge on any atom is -0.368 e. The summed E-state index contributed by atoms with van der Waals surface area (Å²) in [5.74, 6) is 0.447. The van der Waals surface area contributed by atoms with Crippen LogP contribution in [0, 0.1) is 0 Å². The van der Waals surface area contributed by atoms with E-state index in [9.17, 15) is 4.79 Å². The molecule has 6 nitrogen and oxygen atoms in total. The molecular weight excluding hydrogens is 374 g/mol. The summed E-state index contributed by atoms with van der Waals surface area (Å²) in [6.07, 6.45) is 3.16. The van der Waals surface area contributed by atoms with Crippen LogP contribution in [0.15, 0.2) is 67.0 Å². The normalized spacial score (nSPS) is 14.0. The molecule has 0 radical (unpaired) electrons. The standard InChI is InChI=1S/C21H20ClN5O/c22-17-8-4-5-9-18(17)25-21(28)19-14-24-20(15-23-19)27-12-10-26(11-13-27)16-6-2-1-3-7-16/h1-9,14-15H,10-13H2,(H,25,28). The number of para-hydroxylation sites is 2. The predicted molar refractivity (Wildman–Crippen MR) is 112 cm³/mol. The number of benzene rings is 2. The van der Waals surface area contributed by atoms with E-state index in [4.69, 9.17) is 11.6 Å². The van der Waals surface area contributed by atoms with E-state index in [2.05, 4.69) is 49.4 Å². The smallest absolute Gasteiger partial charge is 0.275 e. The Labute approximate surface area is 168 Å². The number of rotatable bonds is 4. The average Bonchev–Trinajstić information content (AvgIpc) is 2.76. The van der Waals surface area contributed by atoms with Crippen molar-refractivity contribution < 1.29 is 4.79 Å². The Morgan fingerprint density at radius 3 is 2.21 bits per heavy atom. The minimum absolute atomic E-state index is 0.256. The molecule has 2 heterocycles. The van der Waals surface area contributed by atoms with Crippen molar-refractivity contribution in [3.8, 4) is 0 Å². The Hall–Kier alpha value is -3.12. The Bertz CT molecular complexity index is 941. The molecule has 0 aliphatic carbocycles. The highest BCUT2D eigenvalue weighted by Gasteiger charge is 2.19. The summed E-state index contributed by atoms with van der Waals surface area (Å²) in [6.45, 7) is 3.55. The first-order valence-electron chi connectivity index (χ1n) is 9.13. The van der Waals surface area contributed by atoms with Crippen LogP contribution in [0.2, 0.25) is 5.02 Å². The van der Waals surface area contributed by atoms with Gasteiger partial charge in [-0.05, 0) is 24.3 Å². The fourth-order valence-electron chi connectivity index (χ4n) is 3.18. The number of carbonyl (C=O) groups is 1. The van der Waals surface area contributed by atoms with Crippen LogP contribution < -0.4 is 15.1 Å². The van der Waals surface area contributed by atoms with E-state index in [-0.39, 0.29) is 11.6 Å². The predicted octanol–water partition coefficient (Wildman–Crippen LogP) is 3.71. The van der Waals surface area contributed by atoms with Gasteiger partial charge in [-0.2, -0.15) is 0 Å². The summed E-state index contributed by atoms with van der Waals surface area (Å²) in [7, 11) is 0. The van der Waals surface area contributed by atoms with Crippen molar-refractivity contribution in [2.75, 3.05) is 41.3 Å². The molecule has 0 bridgehead atoms. The summed E-state index contributed by atoms with van der Waals surface area (Å²) in [5, 5.41) is 3.24. The van der Waals surface area contributed by atoms with Gasteiger partial charge in [-0.25, -0.2) is 9.97 Å². The molecule has 0 atom stereocenters. The Morgan fingerprint density at radius 1 is 0.857 bits per heavy atom. The van der Waals surface area contributed by atoms with Gasteiger partial charge in [0.15, 0.2) is 0 Å². The van der Waals surface area contributed by atoms with Crippen molar-refractivity contribution in [1.29, 1.82) is 0 Å². The van der Waals surface area contributed by atoms with Gasteiger partial charge in [-0.3, -0.25) is 4.79 Å². The molecule has 28 heavy (non-hydrogen) atoms. The van der Waals surface area contributed by atoms with Crippen LogP contribution >= 0.6 is 11.6 Å². The molecule has 3 aromatic rings. The van der Waals surface area contributed by atoms with E-state index in [1.807, 2.05) is 18.2 Å². The van der Waals surface area contributed by atoms with E-state index in [1.54, 1.807) is 18.3 Å². The maximum absolute atomic E-state index is 12.4. The lowest BCUT2D eigenvalue weighted by Crippen LogP contribution is -2.46. The molecule has 142 valence electrons. The summed E-state index contributed by atoms with van der Waals surface area (Å²) in [6, 6.07) is 17.5. The zero-order valence-corrected chi connectivity index (χ0v) is 16.0. The number of nitrogens with zero attached hydrogens (tertiary/aromatic N) is 4. The molecule has 1 fully saturated rings. The van der Waals surface area contributed by atoms with Crippen molar-refractivity contribution in [1.82, 2.24) is 9.97 Å². The van der Waals surface area contributed by atoms with Gasteiger partial charge in [0.1, 0.15) is 11.5 Å². The Kier molecular flexibility index (Phi) is 5.39. The zero-order valence-electron chi connectivity index (χ0n) is 15.3. The van der Waals surface area contributed by atoms with Crippen LogP contribution in [0.1, 0.15) is 10.5 Å². The topological polar surface area (TPSA) is 61.4 Å². The second-order valence-electron chi connectivity index (χ2n) is 6.50. The van der Waals surface area contributed by atoms with Crippen LogP contribution in [-0.4, -0.2) is 42.1 Å². The first-order valence-corrected chi connectivity index (χ1v) is 9.51. The number of piperazine rings is 1. The second-order valence-corrected chi connectivity index (χ2v) is 6.91. The van der Waals surface area contributed by atoms with Gasteiger partial charge < -0.3 is 15.1 Å². The van der Waals surface area contributed by atoms with E-state index in [1.165, 1.54) is 11.9 Å². The second kappa shape index (κ2) is 8.27. The van der Waals surface area contributed by atoms with Gasteiger partial charge in [0.05, 0.1) is 23.1 Å². The van der Waals surface area contributed by atoms with Gasteiger partial charge in [0.25, 0.3) is 5.91 Å². The van der Waals surface area contributed by atoms with Gasteiger partial charge in [0, 0.05) is 31.9 Å². The zero-order chi connectivity index (χ0) is 19.3. The highest BCUT2D eigenvalue weighted by atomic mass is 35.5. The Balaban J connectivity index is 1.37. The lowest BCUT2D eigenvalue weighted by Gasteiger charge is -2.36. The summed E-state index contributed by atoms with van der Waals surface area (Å²) in [5.41, 5.74) is 2.04. The van der Waals surface area contributed by atoms with Crippen LogP contribution in [0.5, 0.6) is 0 Å². The lowest BCUT2D eigenvalue weighted by molar-refractivity contribution is 0.102. The molecule has 1 aliphatic rings. The molecule has 0 saturated carbocycles. The Morgan fingerprint density at radius 2 is 1.54 bits per heavy atom. The highest BCUT2D eigenvalue weighted by molar-refractivity contribution is 6.33. The van der Waals surface area contributed by atoms with E-state index in [0.29, 0.717) is 10.7 Å². The van der Waals surface area contributed by atoms with Gasteiger partial charge in [-0.1, -0.05) is 41.9 Å². The van der Waals surface area contributed by atoms with Crippen LogP contribution in [0.3, 0.4) is 0 Å². The summed E-state index contributed by atoms with van der Waals surface area (Å²) >= 11 is 6.08. The monoisotopic (exact) mass is 393 g/mol. The number of hydrogen-bond acceptors (Lipinski definition) is 5. The molecule has 1 amide bonds.